The summed E-state index contributed by atoms with van der Waals surface area (Å²) in [6.07, 6.45) is 2.34. The lowest BCUT2D eigenvalue weighted by atomic mass is 9.98. The first-order valence-corrected chi connectivity index (χ1v) is 9.82. The summed E-state index contributed by atoms with van der Waals surface area (Å²) in [5.41, 5.74) is 1.78. The van der Waals surface area contributed by atoms with Crippen LogP contribution in [0.5, 0.6) is 11.5 Å². The maximum atomic E-state index is 13.0. The number of rotatable bonds is 6. The van der Waals surface area contributed by atoms with Gasteiger partial charge in [-0.3, -0.25) is 14.9 Å². The van der Waals surface area contributed by atoms with Gasteiger partial charge in [-0.25, -0.2) is 9.69 Å². The molecule has 2 aromatic carbocycles. The van der Waals surface area contributed by atoms with Crippen molar-refractivity contribution in [2.24, 2.45) is 0 Å². The molecule has 1 heterocycles. The van der Waals surface area contributed by atoms with E-state index >= 15 is 0 Å². The third-order valence-corrected chi connectivity index (χ3v) is 5.03. The van der Waals surface area contributed by atoms with E-state index < -0.39 is 17.8 Å². The second-order valence-electron chi connectivity index (χ2n) is 7.02. The summed E-state index contributed by atoms with van der Waals surface area (Å²) in [4.78, 5) is 38.6. The number of phenolic OH excluding ortho intramolecular Hbond substituents is 1. The molecule has 0 aromatic heterocycles. The summed E-state index contributed by atoms with van der Waals surface area (Å²) >= 11 is 0. The highest BCUT2D eigenvalue weighted by atomic mass is 16.5. The molecule has 4 amide bonds. The van der Waals surface area contributed by atoms with Gasteiger partial charge < -0.3 is 9.84 Å². The normalized spacial score (nSPS) is 16.6. The lowest BCUT2D eigenvalue weighted by Crippen LogP contribution is -2.54. The van der Waals surface area contributed by atoms with E-state index in [2.05, 4.69) is 19.2 Å². The van der Waals surface area contributed by atoms with Gasteiger partial charge >= 0.3 is 6.03 Å². The fraction of sp³-hybridized carbons (Fsp3) is 0.261. The summed E-state index contributed by atoms with van der Waals surface area (Å²) in [7, 11) is 0. The summed E-state index contributed by atoms with van der Waals surface area (Å²) in [5, 5.41) is 12.0. The number of hydrogen-bond donors (Lipinski definition) is 2. The quantitative estimate of drug-likeness (QED) is 0.557. The SMILES string of the molecule is CCOc1cc(C=C2C(=O)NC(=O)N(c3ccc(C(C)CC)cc3)C2=O)ccc1O. The van der Waals surface area contributed by atoms with Gasteiger partial charge in [0.25, 0.3) is 11.8 Å². The molecule has 0 saturated carbocycles. The number of urea groups is 1. The summed E-state index contributed by atoms with van der Waals surface area (Å²) < 4.78 is 5.34. The van der Waals surface area contributed by atoms with E-state index in [1.54, 1.807) is 25.1 Å². The fourth-order valence-electron chi connectivity index (χ4n) is 3.14. The minimum absolute atomic E-state index is 0.0448. The Hall–Kier alpha value is -3.61. The molecule has 1 atom stereocenters. The molecule has 1 saturated heterocycles. The zero-order valence-electron chi connectivity index (χ0n) is 17.1. The average molecular weight is 408 g/mol. The minimum Gasteiger partial charge on any atom is -0.504 e. The largest absolute Gasteiger partial charge is 0.504 e. The van der Waals surface area contributed by atoms with Crippen molar-refractivity contribution >= 4 is 29.6 Å². The molecule has 2 N–H and O–H groups in total. The Bertz CT molecular complexity index is 1010. The highest BCUT2D eigenvalue weighted by molar-refractivity contribution is 6.39. The number of hydrogen-bond acceptors (Lipinski definition) is 5. The number of barbiturate groups is 1. The second kappa shape index (κ2) is 8.82. The average Bonchev–Trinajstić information content (AvgIpc) is 2.73. The van der Waals surface area contributed by atoms with Crippen molar-refractivity contribution in [1.82, 2.24) is 5.32 Å². The Morgan fingerprint density at radius 3 is 2.43 bits per heavy atom. The zero-order valence-corrected chi connectivity index (χ0v) is 17.1. The molecular formula is C23H24N2O5. The third kappa shape index (κ3) is 4.20. The van der Waals surface area contributed by atoms with E-state index in [0.29, 0.717) is 23.8 Å². The molecule has 156 valence electrons. The van der Waals surface area contributed by atoms with Gasteiger partial charge in [-0.15, -0.1) is 0 Å². The number of amides is 4. The van der Waals surface area contributed by atoms with Crippen molar-refractivity contribution in [2.75, 3.05) is 11.5 Å². The summed E-state index contributed by atoms with van der Waals surface area (Å²) in [6, 6.07) is 10.8. The van der Waals surface area contributed by atoms with Crippen molar-refractivity contribution in [3.8, 4) is 11.5 Å². The van der Waals surface area contributed by atoms with Crippen LogP contribution >= 0.6 is 0 Å². The number of carbonyl (C=O) groups excluding carboxylic acids is 3. The Kier molecular flexibility index (Phi) is 6.20. The van der Waals surface area contributed by atoms with Crippen LogP contribution in [-0.2, 0) is 9.59 Å². The standard InChI is InChI=1S/C23H24N2O5/c1-4-14(3)16-7-9-17(10-8-16)25-22(28)18(21(27)24-23(25)29)12-15-6-11-19(26)20(13-15)30-5-2/h6-14,26H,4-5H2,1-3H3,(H,24,27,29). The zero-order chi connectivity index (χ0) is 21.8. The smallest absolute Gasteiger partial charge is 0.335 e. The molecule has 1 aliphatic rings. The van der Waals surface area contributed by atoms with Gasteiger partial charge in [0.15, 0.2) is 11.5 Å². The molecule has 1 unspecified atom stereocenters. The minimum atomic E-state index is -0.792. The van der Waals surface area contributed by atoms with Gasteiger partial charge in [0.05, 0.1) is 12.3 Å². The Morgan fingerprint density at radius 2 is 1.80 bits per heavy atom. The van der Waals surface area contributed by atoms with Crippen LogP contribution in [0.2, 0.25) is 0 Å². The summed E-state index contributed by atoms with van der Waals surface area (Å²) in [6.45, 7) is 6.31. The Balaban J connectivity index is 1.94. The molecule has 0 aliphatic carbocycles. The van der Waals surface area contributed by atoms with Crippen LogP contribution < -0.4 is 15.0 Å². The first kappa shape index (κ1) is 21.1. The molecule has 0 bridgehead atoms. The molecule has 2 aromatic rings. The van der Waals surface area contributed by atoms with Crippen LogP contribution in [0.1, 0.15) is 44.2 Å². The number of nitrogens with one attached hydrogen (secondary N) is 1. The predicted octanol–water partition coefficient (Wildman–Crippen LogP) is 3.97. The van der Waals surface area contributed by atoms with Crippen LogP contribution in [0.25, 0.3) is 6.08 Å². The van der Waals surface area contributed by atoms with Crippen LogP contribution in [0.3, 0.4) is 0 Å². The molecule has 0 spiro atoms. The Labute approximate surface area is 175 Å². The number of carbonyl (C=O) groups is 3. The monoisotopic (exact) mass is 408 g/mol. The van der Waals surface area contributed by atoms with Gasteiger partial charge in [0.1, 0.15) is 5.57 Å². The predicted molar refractivity (Wildman–Crippen MR) is 113 cm³/mol. The highest BCUT2D eigenvalue weighted by Crippen LogP contribution is 2.29. The molecule has 30 heavy (non-hydrogen) atoms. The summed E-state index contributed by atoms with van der Waals surface area (Å²) in [5.74, 6) is -0.939. The van der Waals surface area contributed by atoms with Crippen LogP contribution in [0, 0.1) is 0 Å². The van der Waals surface area contributed by atoms with Gasteiger partial charge in [-0.2, -0.15) is 0 Å². The highest BCUT2D eigenvalue weighted by Gasteiger charge is 2.36. The lowest BCUT2D eigenvalue weighted by Gasteiger charge is -2.26. The second-order valence-corrected chi connectivity index (χ2v) is 7.02. The van der Waals surface area contributed by atoms with Crippen molar-refractivity contribution in [3.63, 3.8) is 0 Å². The molecule has 1 fully saturated rings. The first-order valence-electron chi connectivity index (χ1n) is 9.82. The number of anilines is 1. The van der Waals surface area contributed by atoms with E-state index in [4.69, 9.17) is 4.74 Å². The van der Waals surface area contributed by atoms with Crippen molar-refractivity contribution in [3.05, 3.63) is 59.2 Å². The maximum absolute atomic E-state index is 13.0. The molecular weight excluding hydrogens is 384 g/mol. The molecule has 0 radical (unpaired) electrons. The van der Waals surface area contributed by atoms with Crippen molar-refractivity contribution in [2.45, 2.75) is 33.1 Å². The molecule has 1 aliphatic heterocycles. The van der Waals surface area contributed by atoms with Crippen molar-refractivity contribution in [1.29, 1.82) is 0 Å². The van der Waals surface area contributed by atoms with Crippen LogP contribution in [0.15, 0.2) is 48.0 Å². The van der Waals surface area contributed by atoms with E-state index in [-0.39, 0.29) is 17.1 Å². The van der Waals surface area contributed by atoms with Gasteiger partial charge in [-0.05, 0) is 60.7 Å². The Morgan fingerprint density at radius 1 is 1.10 bits per heavy atom. The maximum Gasteiger partial charge on any atom is 0.335 e. The van der Waals surface area contributed by atoms with Crippen LogP contribution in [0.4, 0.5) is 10.5 Å². The van der Waals surface area contributed by atoms with E-state index in [1.165, 1.54) is 18.2 Å². The van der Waals surface area contributed by atoms with Gasteiger partial charge in [0.2, 0.25) is 0 Å². The topological polar surface area (TPSA) is 95.9 Å². The van der Waals surface area contributed by atoms with Crippen LogP contribution in [-0.4, -0.2) is 29.6 Å². The third-order valence-electron chi connectivity index (χ3n) is 5.03. The van der Waals surface area contributed by atoms with Crippen molar-refractivity contribution < 1.29 is 24.2 Å². The van der Waals surface area contributed by atoms with Gasteiger partial charge in [-0.1, -0.05) is 32.0 Å². The number of aromatic hydroxyl groups is 1. The number of phenols is 1. The van der Waals surface area contributed by atoms with E-state index in [9.17, 15) is 19.5 Å². The molecule has 3 rings (SSSR count). The van der Waals surface area contributed by atoms with E-state index in [0.717, 1.165) is 16.9 Å². The molecule has 7 nitrogen and oxygen atoms in total. The number of imide groups is 2. The first-order chi connectivity index (χ1) is 14.3. The number of benzene rings is 2. The van der Waals surface area contributed by atoms with Gasteiger partial charge in [0, 0.05) is 0 Å². The lowest BCUT2D eigenvalue weighted by molar-refractivity contribution is -0.122. The number of ether oxygens (including phenoxy) is 1. The molecule has 7 heteroatoms. The number of nitrogens with zero attached hydrogens (tertiary/aromatic N) is 1. The van der Waals surface area contributed by atoms with E-state index in [1.807, 2.05) is 12.1 Å². The fourth-order valence-corrected chi connectivity index (χ4v) is 3.14.